The number of nitrogens with zero attached hydrogens (tertiary/aromatic N) is 2. The highest BCUT2D eigenvalue weighted by molar-refractivity contribution is 8.15. The second kappa shape index (κ2) is 8.29. The molecule has 0 aromatic heterocycles. The molecule has 4 rings (SSSR count). The van der Waals surface area contributed by atoms with Gasteiger partial charge >= 0.3 is 0 Å². The number of aliphatic imine (C=N–C) groups is 1. The highest BCUT2D eigenvalue weighted by Gasteiger charge is 2.46. The Hall–Kier alpha value is -2.80. The summed E-state index contributed by atoms with van der Waals surface area (Å²) in [7, 11) is 1.56. The predicted octanol–water partition coefficient (Wildman–Crippen LogP) is 4.13. The number of benzene rings is 2. The van der Waals surface area contributed by atoms with Crippen molar-refractivity contribution in [3.63, 3.8) is 0 Å². The van der Waals surface area contributed by atoms with Crippen LogP contribution in [0.1, 0.15) is 24.8 Å². The Kier molecular flexibility index (Phi) is 5.58. The van der Waals surface area contributed by atoms with Crippen molar-refractivity contribution in [2.45, 2.75) is 37.5 Å². The fourth-order valence-electron chi connectivity index (χ4n) is 3.29. The third kappa shape index (κ3) is 4.45. The molecular weight excluding hydrogens is 386 g/mol. The third-order valence-corrected chi connectivity index (χ3v) is 6.01. The van der Waals surface area contributed by atoms with E-state index in [0.29, 0.717) is 16.6 Å². The molecule has 0 bridgehead atoms. The Morgan fingerprint density at radius 1 is 1.24 bits per heavy atom. The number of nitrogens with one attached hydrogen (secondary N) is 1. The van der Waals surface area contributed by atoms with E-state index >= 15 is 0 Å². The Balaban J connectivity index is 1.49. The zero-order valence-electron chi connectivity index (χ0n) is 16.4. The first-order valence-corrected chi connectivity index (χ1v) is 10.5. The number of amidine groups is 1. The molecule has 1 N–H and O–H groups in total. The minimum atomic E-state index is -0.464. The molecule has 1 heterocycles. The van der Waals surface area contributed by atoms with Gasteiger partial charge in [0.2, 0.25) is 11.8 Å². The summed E-state index contributed by atoms with van der Waals surface area (Å²) >= 11 is 1.38. The number of hydrogen-bond acceptors (Lipinski definition) is 5. The number of anilines is 1. The predicted molar refractivity (Wildman–Crippen MR) is 116 cm³/mol. The summed E-state index contributed by atoms with van der Waals surface area (Å²) in [5.41, 5.74) is 2.54. The van der Waals surface area contributed by atoms with Crippen LogP contribution in [-0.2, 0) is 9.59 Å². The van der Waals surface area contributed by atoms with Crippen molar-refractivity contribution < 1.29 is 14.3 Å². The van der Waals surface area contributed by atoms with Gasteiger partial charge in [0.25, 0.3) is 0 Å². The molecule has 1 saturated heterocycles. The van der Waals surface area contributed by atoms with Crippen molar-refractivity contribution in [1.82, 2.24) is 4.90 Å². The third-order valence-electron chi connectivity index (χ3n) is 4.86. The maximum absolute atomic E-state index is 13.0. The molecule has 1 aliphatic carbocycles. The van der Waals surface area contributed by atoms with Gasteiger partial charge < -0.3 is 10.1 Å². The van der Waals surface area contributed by atoms with Crippen LogP contribution in [0.2, 0.25) is 0 Å². The van der Waals surface area contributed by atoms with Crippen molar-refractivity contribution >= 4 is 40.1 Å². The molecule has 29 heavy (non-hydrogen) atoms. The summed E-state index contributed by atoms with van der Waals surface area (Å²) in [5.74, 6) is 0.347. The maximum atomic E-state index is 13.0. The van der Waals surface area contributed by atoms with Crippen LogP contribution in [0.5, 0.6) is 5.75 Å². The minimum absolute atomic E-state index is 0.0286. The molecule has 2 aromatic rings. The van der Waals surface area contributed by atoms with E-state index in [1.807, 2.05) is 43.3 Å². The first-order chi connectivity index (χ1) is 14.0. The van der Waals surface area contributed by atoms with E-state index < -0.39 is 5.25 Å². The number of ether oxygens (including phenoxy) is 1. The van der Waals surface area contributed by atoms with Crippen LogP contribution in [0.25, 0.3) is 0 Å². The van der Waals surface area contributed by atoms with E-state index in [2.05, 4.69) is 5.32 Å². The number of methoxy groups -OCH3 is 1. The van der Waals surface area contributed by atoms with Crippen LogP contribution in [0.3, 0.4) is 0 Å². The van der Waals surface area contributed by atoms with Crippen LogP contribution in [0.4, 0.5) is 11.4 Å². The topological polar surface area (TPSA) is 71.0 Å². The Bertz CT molecular complexity index is 971. The van der Waals surface area contributed by atoms with Gasteiger partial charge in [0.05, 0.1) is 18.5 Å². The molecule has 1 aliphatic heterocycles. The molecule has 0 spiro atoms. The summed E-state index contributed by atoms with van der Waals surface area (Å²) in [5, 5.41) is 3.08. The molecule has 1 saturated carbocycles. The van der Waals surface area contributed by atoms with Crippen molar-refractivity contribution in [2.24, 2.45) is 4.99 Å². The number of carbonyl (C=O) groups is 2. The van der Waals surface area contributed by atoms with Crippen LogP contribution >= 0.6 is 11.8 Å². The highest BCUT2D eigenvalue weighted by atomic mass is 32.2. The molecule has 150 valence electrons. The Morgan fingerprint density at radius 2 is 2.03 bits per heavy atom. The summed E-state index contributed by atoms with van der Waals surface area (Å²) < 4.78 is 5.27. The van der Waals surface area contributed by atoms with Crippen LogP contribution in [-0.4, -0.2) is 40.3 Å². The van der Waals surface area contributed by atoms with Crippen molar-refractivity contribution in [3.05, 3.63) is 54.1 Å². The molecule has 1 atom stereocenters. The lowest BCUT2D eigenvalue weighted by atomic mass is 10.2. The van der Waals surface area contributed by atoms with Gasteiger partial charge in [-0.1, -0.05) is 36.0 Å². The molecule has 2 amide bonds. The second-order valence-electron chi connectivity index (χ2n) is 7.23. The molecule has 0 radical (unpaired) electrons. The fourth-order valence-corrected chi connectivity index (χ4v) is 4.50. The summed E-state index contributed by atoms with van der Waals surface area (Å²) in [6, 6.07) is 15.3. The van der Waals surface area contributed by atoms with E-state index in [0.717, 1.165) is 24.1 Å². The number of carbonyl (C=O) groups excluding carboxylic acids is 2. The van der Waals surface area contributed by atoms with Gasteiger partial charge in [0, 0.05) is 12.5 Å². The van der Waals surface area contributed by atoms with Crippen LogP contribution in [0, 0.1) is 6.92 Å². The van der Waals surface area contributed by atoms with E-state index in [4.69, 9.17) is 9.73 Å². The second-order valence-corrected chi connectivity index (χ2v) is 8.40. The molecule has 2 aromatic carbocycles. The fraction of sp³-hybridized carbons (Fsp3) is 0.318. The Labute approximate surface area is 174 Å². The van der Waals surface area contributed by atoms with Gasteiger partial charge in [-0.15, -0.1) is 0 Å². The summed E-state index contributed by atoms with van der Waals surface area (Å²) in [6.07, 6.45) is 2.07. The minimum Gasteiger partial charge on any atom is -0.495 e. The zero-order chi connectivity index (χ0) is 20.4. The lowest BCUT2D eigenvalue weighted by molar-refractivity contribution is -0.128. The molecule has 2 aliphatic rings. The average Bonchev–Trinajstić information content (AvgIpc) is 3.48. The molecule has 7 heteroatoms. The van der Waals surface area contributed by atoms with Gasteiger partial charge in [-0.25, -0.2) is 4.99 Å². The average molecular weight is 410 g/mol. The Morgan fingerprint density at radius 3 is 2.76 bits per heavy atom. The molecule has 2 fully saturated rings. The van der Waals surface area contributed by atoms with Gasteiger partial charge in [0.1, 0.15) is 11.0 Å². The van der Waals surface area contributed by atoms with E-state index in [1.165, 1.54) is 11.8 Å². The van der Waals surface area contributed by atoms with Gasteiger partial charge in [-0.2, -0.15) is 0 Å². The highest BCUT2D eigenvalue weighted by Crippen LogP contribution is 2.39. The maximum Gasteiger partial charge on any atom is 0.242 e. The number of thioether (sulfide) groups is 1. The van der Waals surface area contributed by atoms with Crippen LogP contribution in [0.15, 0.2) is 53.5 Å². The number of rotatable bonds is 6. The van der Waals surface area contributed by atoms with Gasteiger partial charge in [-0.3, -0.25) is 14.5 Å². The van der Waals surface area contributed by atoms with Gasteiger partial charge in [0.15, 0.2) is 5.17 Å². The van der Waals surface area contributed by atoms with Crippen LogP contribution < -0.4 is 10.1 Å². The van der Waals surface area contributed by atoms with E-state index in [-0.39, 0.29) is 24.3 Å². The monoisotopic (exact) mass is 409 g/mol. The number of amides is 2. The molecule has 6 nitrogen and oxygen atoms in total. The first kappa shape index (κ1) is 19.5. The quantitative estimate of drug-likeness (QED) is 0.779. The largest absolute Gasteiger partial charge is 0.495 e. The first-order valence-electron chi connectivity index (χ1n) is 9.63. The summed E-state index contributed by atoms with van der Waals surface area (Å²) in [4.78, 5) is 32.1. The normalized spacial score (nSPS) is 20.2. The SMILES string of the molecule is COc1ccccc1NC(=O)C[C@H]1SC(=Nc2cccc(C)c2)N(C2CC2)C1=O. The van der Waals surface area contributed by atoms with Crippen molar-refractivity contribution in [3.8, 4) is 5.75 Å². The lowest BCUT2D eigenvalue weighted by Crippen LogP contribution is -2.35. The van der Waals surface area contributed by atoms with E-state index in [9.17, 15) is 9.59 Å². The van der Waals surface area contributed by atoms with Crippen molar-refractivity contribution in [1.29, 1.82) is 0 Å². The van der Waals surface area contributed by atoms with E-state index in [1.54, 1.807) is 24.1 Å². The number of hydrogen-bond donors (Lipinski definition) is 1. The number of para-hydroxylation sites is 2. The lowest BCUT2D eigenvalue weighted by Gasteiger charge is -2.15. The molecular formula is C22H23N3O3S. The smallest absolute Gasteiger partial charge is 0.242 e. The number of aryl methyl sites for hydroxylation is 1. The standard InChI is InChI=1S/C22H23N3O3S/c1-14-6-5-7-15(12-14)23-22-25(16-10-11-16)21(27)19(29-22)13-20(26)24-17-8-3-4-9-18(17)28-2/h3-9,12,16,19H,10-11,13H2,1-2H3,(H,24,26)/t19-/m1/s1. The summed E-state index contributed by atoms with van der Waals surface area (Å²) in [6.45, 7) is 2.01. The van der Waals surface area contributed by atoms with Crippen molar-refractivity contribution in [2.75, 3.05) is 12.4 Å². The zero-order valence-corrected chi connectivity index (χ0v) is 17.2. The molecule has 0 unspecified atom stereocenters. The van der Waals surface area contributed by atoms with Gasteiger partial charge in [-0.05, 0) is 49.6 Å².